The first-order valence-corrected chi connectivity index (χ1v) is 13.0. The summed E-state index contributed by atoms with van der Waals surface area (Å²) < 4.78 is 33.1. The molecule has 8 nitrogen and oxygen atoms in total. The third-order valence-corrected chi connectivity index (χ3v) is 7.95. The van der Waals surface area contributed by atoms with Crippen molar-refractivity contribution >= 4 is 49.7 Å². The molecule has 1 N–H and O–H groups in total. The highest BCUT2D eigenvalue weighted by Crippen LogP contribution is 2.29. The van der Waals surface area contributed by atoms with Gasteiger partial charge in [0, 0.05) is 10.6 Å². The van der Waals surface area contributed by atoms with Gasteiger partial charge in [-0.2, -0.15) is 0 Å². The number of sulfonamides is 1. The molecule has 0 spiro atoms. The minimum Gasteiger partial charge on any atom is -0.497 e. The Kier molecular flexibility index (Phi) is 7.34. The molecule has 0 fully saturated rings. The van der Waals surface area contributed by atoms with Gasteiger partial charge < -0.3 is 4.74 Å². The molecule has 0 atom stereocenters. The number of amides is 1. The first-order chi connectivity index (χ1) is 16.8. The van der Waals surface area contributed by atoms with E-state index in [1.54, 1.807) is 43.5 Å². The van der Waals surface area contributed by atoms with E-state index in [1.165, 1.54) is 35.6 Å². The van der Waals surface area contributed by atoms with Crippen LogP contribution in [0.3, 0.4) is 0 Å². The van der Waals surface area contributed by atoms with E-state index < -0.39 is 22.5 Å². The minimum atomic E-state index is -4.05. The number of nitrogens with zero attached hydrogens (tertiary/aromatic N) is 3. The number of rotatable bonds is 8. The molecule has 4 aromatic rings. The number of nitrogens with one attached hydrogen (secondary N) is 1. The topological polar surface area (TPSA) is 101 Å². The van der Waals surface area contributed by atoms with Crippen LogP contribution in [-0.2, 0) is 14.8 Å². The highest BCUT2D eigenvalue weighted by atomic mass is 35.5. The maximum Gasteiger partial charge on any atom is 0.264 e. The van der Waals surface area contributed by atoms with Crippen LogP contribution in [0.5, 0.6) is 5.75 Å². The zero-order valence-corrected chi connectivity index (χ0v) is 21.2. The molecule has 0 aliphatic carbocycles. The number of hydrogen-bond acceptors (Lipinski definition) is 7. The van der Waals surface area contributed by atoms with Gasteiger partial charge in [0.15, 0.2) is 0 Å². The van der Waals surface area contributed by atoms with Crippen molar-refractivity contribution in [2.45, 2.75) is 11.8 Å². The van der Waals surface area contributed by atoms with Gasteiger partial charge in [0.05, 0.1) is 17.7 Å². The number of halogens is 1. The number of carbonyl (C=O) groups excluding carboxylic acids is 1. The van der Waals surface area contributed by atoms with Crippen molar-refractivity contribution in [3.63, 3.8) is 0 Å². The van der Waals surface area contributed by atoms with Gasteiger partial charge in [0.2, 0.25) is 11.0 Å². The van der Waals surface area contributed by atoms with Gasteiger partial charge >= 0.3 is 0 Å². The standard InChI is InChI=1S/C24H21ClN4O4S2/c1-16-3-9-19(10-4-16)29(35(31,32)21-13-7-18(25)8-14-21)15-22(30)26-24-28-27-23(34-24)17-5-11-20(33-2)12-6-17/h3-14H,15H2,1-2H3,(H,26,28,30). The van der Waals surface area contributed by atoms with Gasteiger partial charge in [0.1, 0.15) is 17.3 Å². The number of anilines is 2. The van der Waals surface area contributed by atoms with Gasteiger partial charge in [-0.05, 0) is 67.6 Å². The average molecular weight is 529 g/mol. The van der Waals surface area contributed by atoms with Crippen molar-refractivity contribution in [1.82, 2.24) is 10.2 Å². The van der Waals surface area contributed by atoms with Crippen molar-refractivity contribution in [2.24, 2.45) is 0 Å². The molecule has 4 rings (SSSR count). The smallest absolute Gasteiger partial charge is 0.264 e. The third kappa shape index (κ3) is 5.79. The van der Waals surface area contributed by atoms with Gasteiger partial charge in [0.25, 0.3) is 10.0 Å². The zero-order chi connectivity index (χ0) is 25.0. The summed E-state index contributed by atoms with van der Waals surface area (Å²) >= 11 is 7.10. The van der Waals surface area contributed by atoms with Gasteiger partial charge in [-0.1, -0.05) is 40.6 Å². The Bertz CT molecular complexity index is 1420. The second-order valence-electron chi connectivity index (χ2n) is 7.49. The lowest BCUT2D eigenvalue weighted by Crippen LogP contribution is -2.38. The second kappa shape index (κ2) is 10.4. The minimum absolute atomic E-state index is 0.0213. The molecular formula is C24H21ClN4O4S2. The molecular weight excluding hydrogens is 508 g/mol. The maximum atomic E-state index is 13.4. The fourth-order valence-electron chi connectivity index (χ4n) is 3.17. The first-order valence-electron chi connectivity index (χ1n) is 10.4. The van der Waals surface area contributed by atoms with Crippen LogP contribution in [0.4, 0.5) is 10.8 Å². The first kappa shape index (κ1) is 24.6. The van der Waals surface area contributed by atoms with Crippen LogP contribution in [0.1, 0.15) is 5.56 Å². The molecule has 0 radical (unpaired) electrons. The number of benzene rings is 3. The summed E-state index contributed by atoms with van der Waals surface area (Å²) in [6, 6.07) is 19.9. The lowest BCUT2D eigenvalue weighted by atomic mass is 10.2. The zero-order valence-electron chi connectivity index (χ0n) is 18.8. The summed E-state index contributed by atoms with van der Waals surface area (Å²) in [6.45, 7) is 1.44. The molecule has 0 unspecified atom stereocenters. The Hall–Kier alpha value is -3.47. The van der Waals surface area contributed by atoms with Gasteiger partial charge in [-0.25, -0.2) is 8.42 Å². The van der Waals surface area contributed by atoms with E-state index in [4.69, 9.17) is 16.3 Å². The van der Waals surface area contributed by atoms with Crippen molar-refractivity contribution in [3.8, 4) is 16.3 Å². The summed E-state index contributed by atoms with van der Waals surface area (Å²) in [6.07, 6.45) is 0. The molecule has 1 amide bonds. The molecule has 0 bridgehead atoms. The SMILES string of the molecule is COc1ccc(-c2nnc(NC(=O)CN(c3ccc(C)cc3)S(=O)(=O)c3ccc(Cl)cc3)s2)cc1. The van der Waals surface area contributed by atoms with E-state index in [0.717, 1.165) is 15.4 Å². The molecule has 0 saturated carbocycles. The van der Waals surface area contributed by atoms with Crippen LogP contribution in [0, 0.1) is 6.92 Å². The van der Waals surface area contributed by atoms with Crippen LogP contribution in [0.15, 0.2) is 77.7 Å². The lowest BCUT2D eigenvalue weighted by molar-refractivity contribution is -0.114. The molecule has 11 heteroatoms. The monoisotopic (exact) mass is 528 g/mol. The van der Waals surface area contributed by atoms with E-state index in [-0.39, 0.29) is 10.0 Å². The molecule has 0 saturated heterocycles. The van der Waals surface area contributed by atoms with E-state index in [0.29, 0.717) is 21.5 Å². The normalized spacial score (nSPS) is 11.2. The van der Waals surface area contributed by atoms with Crippen LogP contribution in [0.2, 0.25) is 5.02 Å². The fourth-order valence-corrected chi connectivity index (χ4v) is 5.49. The van der Waals surface area contributed by atoms with Crippen LogP contribution < -0.4 is 14.4 Å². The van der Waals surface area contributed by atoms with Crippen LogP contribution >= 0.6 is 22.9 Å². The fraction of sp³-hybridized carbons (Fsp3) is 0.125. The largest absolute Gasteiger partial charge is 0.497 e. The Morgan fingerprint density at radius 2 is 1.66 bits per heavy atom. The number of hydrogen-bond donors (Lipinski definition) is 1. The van der Waals surface area contributed by atoms with E-state index in [9.17, 15) is 13.2 Å². The Morgan fingerprint density at radius 3 is 2.29 bits per heavy atom. The lowest BCUT2D eigenvalue weighted by Gasteiger charge is -2.24. The summed E-state index contributed by atoms with van der Waals surface area (Å²) in [4.78, 5) is 12.9. The highest BCUT2D eigenvalue weighted by Gasteiger charge is 2.27. The second-order valence-corrected chi connectivity index (χ2v) is 10.8. The molecule has 3 aromatic carbocycles. The Labute approximate surface area is 212 Å². The number of methoxy groups -OCH3 is 1. The number of ether oxygens (including phenoxy) is 1. The molecule has 35 heavy (non-hydrogen) atoms. The number of aromatic nitrogens is 2. The van der Waals surface area contributed by atoms with Gasteiger partial charge in [-0.15, -0.1) is 10.2 Å². The van der Waals surface area contributed by atoms with E-state index in [2.05, 4.69) is 15.5 Å². The maximum absolute atomic E-state index is 13.4. The predicted molar refractivity (Wildman–Crippen MR) is 138 cm³/mol. The molecule has 1 aromatic heterocycles. The summed E-state index contributed by atoms with van der Waals surface area (Å²) in [5, 5.41) is 12.1. The number of carbonyl (C=O) groups is 1. The summed E-state index contributed by atoms with van der Waals surface area (Å²) in [7, 11) is -2.46. The molecule has 1 heterocycles. The third-order valence-electron chi connectivity index (χ3n) is 5.02. The number of aryl methyl sites for hydroxylation is 1. The molecule has 0 aliphatic rings. The Morgan fingerprint density at radius 1 is 1.00 bits per heavy atom. The summed E-state index contributed by atoms with van der Waals surface area (Å²) in [5.41, 5.74) is 2.13. The van der Waals surface area contributed by atoms with Crippen LogP contribution in [-0.4, -0.2) is 38.2 Å². The van der Waals surface area contributed by atoms with Crippen molar-refractivity contribution in [2.75, 3.05) is 23.3 Å². The van der Waals surface area contributed by atoms with E-state index in [1.807, 2.05) is 19.1 Å². The van der Waals surface area contributed by atoms with Crippen molar-refractivity contribution in [3.05, 3.63) is 83.4 Å². The average Bonchev–Trinajstić information content (AvgIpc) is 3.32. The molecule has 180 valence electrons. The van der Waals surface area contributed by atoms with E-state index >= 15 is 0 Å². The highest BCUT2D eigenvalue weighted by molar-refractivity contribution is 7.92. The molecule has 0 aliphatic heterocycles. The van der Waals surface area contributed by atoms with Crippen LogP contribution in [0.25, 0.3) is 10.6 Å². The van der Waals surface area contributed by atoms with Gasteiger partial charge in [-0.3, -0.25) is 14.4 Å². The van der Waals surface area contributed by atoms with Crippen molar-refractivity contribution in [1.29, 1.82) is 0 Å². The van der Waals surface area contributed by atoms with Crippen molar-refractivity contribution < 1.29 is 17.9 Å². The Balaban J connectivity index is 1.56. The summed E-state index contributed by atoms with van der Waals surface area (Å²) in [5.74, 6) is 0.158. The quantitative estimate of drug-likeness (QED) is 0.345. The predicted octanol–water partition coefficient (Wildman–Crippen LogP) is 5.01.